The molecular weight excluding hydrogens is 396 g/mol. The highest BCUT2D eigenvalue weighted by atomic mass is 16.5. The molecule has 2 rings (SSSR count). The number of aliphatic hydroxyl groups is 2. The van der Waals surface area contributed by atoms with Gasteiger partial charge in [-0.25, -0.2) is 0 Å². The van der Waals surface area contributed by atoms with E-state index >= 15 is 0 Å². The van der Waals surface area contributed by atoms with Crippen molar-refractivity contribution in [2.45, 2.75) is 78.2 Å². The number of rotatable bonds is 10. The first kappa shape index (κ1) is 25.6. The van der Waals surface area contributed by atoms with E-state index in [4.69, 9.17) is 4.74 Å². The number of allylic oxidation sites excluding steroid dienone is 1. The van der Waals surface area contributed by atoms with E-state index in [1.54, 1.807) is 0 Å². The summed E-state index contributed by atoms with van der Waals surface area (Å²) in [5.74, 6) is 0.0645. The molecule has 2 N–H and O–H groups in total. The Kier molecular flexibility index (Phi) is 8.90. The smallest absolute Gasteiger partial charge is 0.306 e. The quantitative estimate of drug-likeness (QED) is 0.398. The van der Waals surface area contributed by atoms with Crippen molar-refractivity contribution in [2.24, 2.45) is 22.7 Å². The van der Waals surface area contributed by atoms with Gasteiger partial charge in [-0.15, -0.1) is 0 Å². The Morgan fingerprint density at radius 1 is 1.26 bits per heavy atom. The maximum atomic E-state index is 12.3. The van der Waals surface area contributed by atoms with E-state index in [0.717, 1.165) is 32.1 Å². The molecule has 0 aromatic carbocycles. The van der Waals surface area contributed by atoms with Crippen molar-refractivity contribution in [3.8, 4) is 0 Å². The van der Waals surface area contributed by atoms with Crippen molar-refractivity contribution < 1.29 is 29.3 Å². The predicted octanol–water partition coefficient (Wildman–Crippen LogP) is 3.95. The van der Waals surface area contributed by atoms with Gasteiger partial charge in [-0.1, -0.05) is 32.1 Å². The lowest BCUT2D eigenvalue weighted by molar-refractivity contribution is -0.156. The zero-order chi connectivity index (χ0) is 23.2. The molecule has 2 aliphatic carbocycles. The largest absolute Gasteiger partial charge is 0.469 e. The van der Waals surface area contributed by atoms with Crippen LogP contribution in [0.2, 0.25) is 0 Å². The maximum absolute atomic E-state index is 12.3. The van der Waals surface area contributed by atoms with Crippen LogP contribution in [0, 0.1) is 22.7 Å². The Morgan fingerprint density at radius 2 is 1.94 bits per heavy atom. The number of hydrogen-bond donors (Lipinski definition) is 2. The molecule has 5 unspecified atom stereocenters. The van der Waals surface area contributed by atoms with Gasteiger partial charge < -0.3 is 19.7 Å². The average Bonchev–Trinajstić information content (AvgIpc) is 2.77. The van der Waals surface area contributed by atoms with Gasteiger partial charge in [-0.3, -0.25) is 9.59 Å². The van der Waals surface area contributed by atoms with Crippen molar-refractivity contribution >= 4 is 11.9 Å². The fraction of sp³-hybridized carbons (Fsp3) is 0.760. The molecule has 176 valence electrons. The van der Waals surface area contributed by atoms with Crippen LogP contribution < -0.4 is 0 Å². The number of carbonyl (C=O) groups excluding carboxylic acids is 2. The molecule has 1 saturated carbocycles. The maximum Gasteiger partial charge on any atom is 0.306 e. The van der Waals surface area contributed by atoms with Crippen LogP contribution in [-0.2, 0) is 19.1 Å². The number of carbonyl (C=O) groups is 2. The monoisotopic (exact) mass is 436 g/mol. The summed E-state index contributed by atoms with van der Waals surface area (Å²) in [6.45, 7) is 10.8. The minimum atomic E-state index is -0.879. The zero-order valence-electron chi connectivity index (χ0n) is 19.6. The summed E-state index contributed by atoms with van der Waals surface area (Å²) >= 11 is 0. The minimum absolute atomic E-state index is 0.00428. The molecule has 0 radical (unpaired) electrons. The van der Waals surface area contributed by atoms with E-state index in [2.05, 4.69) is 38.2 Å². The highest BCUT2D eigenvalue weighted by Crippen LogP contribution is 2.62. The molecule has 0 amide bonds. The summed E-state index contributed by atoms with van der Waals surface area (Å²) in [5, 5.41) is 19.2. The van der Waals surface area contributed by atoms with E-state index in [9.17, 15) is 19.8 Å². The highest BCUT2D eigenvalue weighted by molar-refractivity contribution is 5.77. The van der Waals surface area contributed by atoms with Crippen molar-refractivity contribution in [1.82, 2.24) is 0 Å². The lowest BCUT2D eigenvalue weighted by Gasteiger charge is -2.59. The standard InChI is InChI=1S/C25H40O6/c1-17(20(27)15-26)11-13-24(4)18(2)12-14-25(19(3)7-6-8-21(24)25)16-31-23(29)10-9-22(28)30-5/h7,18,20-21,26-27H,1,6,8-16H2,2-5H3. The van der Waals surface area contributed by atoms with Crippen molar-refractivity contribution in [2.75, 3.05) is 20.3 Å². The van der Waals surface area contributed by atoms with Crippen LogP contribution in [0.15, 0.2) is 23.8 Å². The molecule has 0 bridgehead atoms. The molecular formula is C25H40O6. The second-order valence-corrected chi connectivity index (χ2v) is 9.71. The topological polar surface area (TPSA) is 93.1 Å². The van der Waals surface area contributed by atoms with Gasteiger partial charge in [0.15, 0.2) is 0 Å². The Balaban J connectivity index is 2.18. The molecule has 6 heteroatoms. The number of hydrogen-bond acceptors (Lipinski definition) is 6. The van der Waals surface area contributed by atoms with Crippen molar-refractivity contribution in [3.05, 3.63) is 23.8 Å². The van der Waals surface area contributed by atoms with Gasteiger partial charge in [-0.05, 0) is 68.3 Å². The SMILES string of the molecule is C=C(CCC1(C)C(C)CCC2(COC(=O)CCC(=O)OC)C(C)=CCCC21)C(O)CO. The third kappa shape index (κ3) is 5.58. The van der Waals surface area contributed by atoms with Crippen LogP contribution in [0.3, 0.4) is 0 Å². The predicted molar refractivity (Wildman–Crippen MR) is 119 cm³/mol. The molecule has 0 saturated heterocycles. The van der Waals surface area contributed by atoms with Crippen LogP contribution >= 0.6 is 0 Å². The van der Waals surface area contributed by atoms with Crippen LogP contribution in [0.5, 0.6) is 0 Å². The molecule has 1 fully saturated rings. The number of aliphatic hydroxyl groups excluding tert-OH is 2. The first-order valence-electron chi connectivity index (χ1n) is 11.5. The van der Waals surface area contributed by atoms with E-state index in [-0.39, 0.29) is 36.2 Å². The van der Waals surface area contributed by atoms with Crippen LogP contribution in [0.25, 0.3) is 0 Å². The molecule has 0 spiro atoms. The number of fused-ring (bicyclic) bond motifs is 1. The van der Waals surface area contributed by atoms with Gasteiger partial charge in [0, 0.05) is 5.41 Å². The molecule has 5 atom stereocenters. The number of methoxy groups -OCH3 is 1. The molecule has 6 nitrogen and oxygen atoms in total. The van der Waals surface area contributed by atoms with E-state index in [0.29, 0.717) is 30.4 Å². The molecule has 0 aliphatic heterocycles. The van der Waals surface area contributed by atoms with E-state index < -0.39 is 12.1 Å². The number of esters is 2. The molecule has 0 heterocycles. The molecule has 31 heavy (non-hydrogen) atoms. The Morgan fingerprint density at radius 3 is 2.58 bits per heavy atom. The van der Waals surface area contributed by atoms with Crippen molar-refractivity contribution in [1.29, 1.82) is 0 Å². The zero-order valence-corrected chi connectivity index (χ0v) is 19.6. The van der Waals surface area contributed by atoms with E-state index in [1.165, 1.54) is 12.7 Å². The Hall–Kier alpha value is -1.66. The first-order valence-corrected chi connectivity index (χ1v) is 11.5. The van der Waals surface area contributed by atoms with Gasteiger partial charge in [0.25, 0.3) is 0 Å². The highest BCUT2D eigenvalue weighted by Gasteiger charge is 2.55. The van der Waals surface area contributed by atoms with Crippen LogP contribution in [-0.4, -0.2) is 48.6 Å². The normalized spacial score (nSPS) is 31.2. The average molecular weight is 437 g/mol. The van der Waals surface area contributed by atoms with Crippen molar-refractivity contribution in [3.63, 3.8) is 0 Å². The Bertz CT molecular complexity index is 698. The number of ether oxygens (including phenoxy) is 2. The van der Waals surface area contributed by atoms with Crippen LogP contribution in [0.1, 0.15) is 72.1 Å². The fourth-order valence-corrected chi connectivity index (χ4v) is 5.72. The van der Waals surface area contributed by atoms with Crippen LogP contribution in [0.4, 0.5) is 0 Å². The van der Waals surface area contributed by atoms with Gasteiger partial charge in [0.2, 0.25) is 0 Å². The lowest BCUT2D eigenvalue weighted by Crippen LogP contribution is -2.53. The molecule has 2 aliphatic rings. The molecule has 0 aromatic rings. The summed E-state index contributed by atoms with van der Waals surface area (Å²) in [5.41, 5.74) is 1.77. The first-order chi connectivity index (χ1) is 14.6. The lowest BCUT2D eigenvalue weighted by atomic mass is 9.46. The summed E-state index contributed by atoms with van der Waals surface area (Å²) in [7, 11) is 1.31. The van der Waals surface area contributed by atoms with E-state index in [1.807, 2.05) is 0 Å². The Labute approximate surface area is 186 Å². The molecule has 0 aromatic heterocycles. The third-order valence-corrected chi connectivity index (χ3v) is 8.18. The van der Waals surface area contributed by atoms with Gasteiger partial charge in [-0.2, -0.15) is 0 Å². The third-order valence-electron chi connectivity index (χ3n) is 8.18. The summed E-state index contributed by atoms with van der Waals surface area (Å²) in [6, 6.07) is 0. The fourth-order valence-electron chi connectivity index (χ4n) is 5.72. The summed E-state index contributed by atoms with van der Waals surface area (Å²) in [6.07, 6.45) is 7.06. The second-order valence-electron chi connectivity index (χ2n) is 9.71. The summed E-state index contributed by atoms with van der Waals surface area (Å²) in [4.78, 5) is 23.7. The summed E-state index contributed by atoms with van der Waals surface area (Å²) < 4.78 is 10.3. The minimum Gasteiger partial charge on any atom is -0.469 e. The van der Waals surface area contributed by atoms with Gasteiger partial charge in [0.1, 0.15) is 6.61 Å². The van der Waals surface area contributed by atoms with Gasteiger partial charge in [0.05, 0.1) is 32.7 Å². The second kappa shape index (κ2) is 10.8. The van der Waals surface area contributed by atoms with Gasteiger partial charge >= 0.3 is 11.9 Å².